The van der Waals surface area contributed by atoms with Gasteiger partial charge in [0.2, 0.25) is 10.0 Å². The van der Waals surface area contributed by atoms with Crippen molar-refractivity contribution in [1.29, 1.82) is 0 Å². The molecule has 5 heteroatoms. The van der Waals surface area contributed by atoms with Crippen LogP contribution >= 0.6 is 0 Å². The summed E-state index contributed by atoms with van der Waals surface area (Å²) in [5, 5.41) is 3.88. The highest BCUT2D eigenvalue weighted by atomic mass is 32.2. The minimum absolute atomic E-state index is 0.334. The van der Waals surface area contributed by atoms with E-state index < -0.39 is 21.4 Å². The van der Waals surface area contributed by atoms with Gasteiger partial charge in [-0.15, -0.1) is 0 Å². The molecule has 0 spiro atoms. The molecule has 0 aromatic carbocycles. The number of halogens is 1. The highest BCUT2D eigenvalue weighted by Gasteiger charge is 2.33. The van der Waals surface area contributed by atoms with Gasteiger partial charge in [-0.25, -0.2) is 17.9 Å². The van der Waals surface area contributed by atoms with Gasteiger partial charge < -0.3 is 0 Å². The number of sulfonamides is 1. The Balaban J connectivity index is 2.70. The number of alkyl halides is 1. The van der Waals surface area contributed by atoms with Gasteiger partial charge in [0, 0.05) is 0 Å². The van der Waals surface area contributed by atoms with Gasteiger partial charge in [-0.05, 0) is 12.8 Å². The summed E-state index contributed by atoms with van der Waals surface area (Å²) in [5.41, 5.74) is 0. The third-order valence-corrected chi connectivity index (χ3v) is 3.42. The molecule has 3 nitrogen and oxygen atoms in total. The summed E-state index contributed by atoms with van der Waals surface area (Å²) in [5.74, 6) is 0. The molecular weight excluding hydrogens is 169 g/mol. The summed E-state index contributed by atoms with van der Waals surface area (Å²) in [4.78, 5) is 0. The average Bonchev–Trinajstić information content (AvgIpc) is 1.86. The van der Waals surface area contributed by atoms with Crippen molar-refractivity contribution in [2.75, 3.05) is 0 Å². The fourth-order valence-corrected chi connectivity index (χ4v) is 2.46. The Labute approximate surface area is 65.8 Å². The topological polar surface area (TPSA) is 60.2 Å². The van der Waals surface area contributed by atoms with Crippen molar-refractivity contribution < 1.29 is 12.8 Å². The molecule has 0 saturated heterocycles. The standard InChI is InChI=1S/C6H12FNO2S/c7-5-3-1-2-4-6(5)11(8,9)10/h5-6H,1-4H2,(H2,8,9,10)/t5-,6+/m0/s1. The van der Waals surface area contributed by atoms with Crippen molar-refractivity contribution in [3.05, 3.63) is 0 Å². The minimum Gasteiger partial charge on any atom is -0.246 e. The first-order valence-corrected chi connectivity index (χ1v) is 5.28. The Morgan fingerprint density at radius 3 is 2.18 bits per heavy atom. The van der Waals surface area contributed by atoms with E-state index in [9.17, 15) is 12.8 Å². The lowest BCUT2D eigenvalue weighted by Gasteiger charge is -2.23. The molecule has 66 valence electrons. The molecule has 1 aliphatic rings. The average molecular weight is 181 g/mol. The molecule has 1 fully saturated rings. The van der Waals surface area contributed by atoms with Crippen LogP contribution in [0.5, 0.6) is 0 Å². The van der Waals surface area contributed by atoms with Gasteiger partial charge in [-0.3, -0.25) is 0 Å². The van der Waals surface area contributed by atoms with Crippen LogP contribution in [-0.2, 0) is 10.0 Å². The van der Waals surface area contributed by atoms with Gasteiger partial charge >= 0.3 is 0 Å². The molecule has 2 N–H and O–H groups in total. The number of primary sulfonamides is 1. The summed E-state index contributed by atoms with van der Waals surface area (Å²) in [6.07, 6.45) is 0.995. The molecule has 1 rings (SSSR count). The molecule has 0 unspecified atom stereocenters. The van der Waals surface area contributed by atoms with Crippen LogP contribution < -0.4 is 5.14 Å². The quantitative estimate of drug-likeness (QED) is 0.642. The third kappa shape index (κ3) is 2.13. The Bertz CT molecular complexity index is 227. The molecule has 2 atom stereocenters. The number of hydrogen-bond donors (Lipinski definition) is 1. The van der Waals surface area contributed by atoms with E-state index in [2.05, 4.69) is 0 Å². The molecule has 1 saturated carbocycles. The summed E-state index contributed by atoms with van der Waals surface area (Å²) < 4.78 is 34.4. The molecule has 0 amide bonds. The Morgan fingerprint density at radius 1 is 1.27 bits per heavy atom. The molecule has 0 aromatic rings. The van der Waals surface area contributed by atoms with Crippen molar-refractivity contribution in [1.82, 2.24) is 0 Å². The molecule has 0 radical (unpaired) electrons. The molecule has 0 bridgehead atoms. The molecular formula is C6H12FNO2S. The molecule has 11 heavy (non-hydrogen) atoms. The molecule has 0 aromatic heterocycles. The first kappa shape index (κ1) is 8.93. The van der Waals surface area contributed by atoms with Crippen LogP contribution in [0.4, 0.5) is 4.39 Å². The number of rotatable bonds is 1. The lowest BCUT2D eigenvalue weighted by Crippen LogP contribution is -2.38. The molecule has 0 aliphatic heterocycles. The lowest BCUT2D eigenvalue weighted by molar-refractivity contribution is 0.253. The normalized spacial score (nSPS) is 33.6. The van der Waals surface area contributed by atoms with E-state index in [4.69, 9.17) is 5.14 Å². The predicted octanol–water partition coefficient (Wildman–Crippen LogP) is 0.556. The Kier molecular flexibility index (Phi) is 2.49. The van der Waals surface area contributed by atoms with Gasteiger partial charge in [0.05, 0.1) is 0 Å². The monoisotopic (exact) mass is 181 g/mol. The predicted molar refractivity (Wildman–Crippen MR) is 40.3 cm³/mol. The summed E-state index contributed by atoms with van der Waals surface area (Å²) in [6, 6.07) is 0. The van der Waals surface area contributed by atoms with E-state index in [0.717, 1.165) is 12.8 Å². The van der Waals surface area contributed by atoms with Crippen LogP contribution in [-0.4, -0.2) is 19.8 Å². The van der Waals surface area contributed by atoms with Crippen LogP contribution in [0.2, 0.25) is 0 Å². The summed E-state index contributed by atoms with van der Waals surface area (Å²) in [6.45, 7) is 0. The van der Waals surface area contributed by atoms with Gasteiger partial charge in [0.15, 0.2) is 0 Å². The SMILES string of the molecule is NS(=O)(=O)[C@@H]1CCCC[C@@H]1F. The van der Waals surface area contributed by atoms with Crippen LogP contribution in [0.15, 0.2) is 0 Å². The van der Waals surface area contributed by atoms with Crippen molar-refractivity contribution in [3.8, 4) is 0 Å². The maximum absolute atomic E-state index is 12.9. The van der Waals surface area contributed by atoms with E-state index in [1.165, 1.54) is 0 Å². The Morgan fingerprint density at radius 2 is 1.82 bits per heavy atom. The Hall–Kier alpha value is -0.160. The van der Waals surface area contributed by atoms with Crippen LogP contribution in [0.1, 0.15) is 25.7 Å². The summed E-state index contributed by atoms with van der Waals surface area (Å²) in [7, 11) is -3.65. The summed E-state index contributed by atoms with van der Waals surface area (Å²) >= 11 is 0. The largest absolute Gasteiger partial charge is 0.246 e. The van der Waals surface area contributed by atoms with Crippen LogP contribution in [0, 0.1) is 0 Å². The number of hydrogen-bond acceptors (Lipinski definition) is 2. The van der Waals surface area contributed by atoms with Crippen LogP contribution in [0.25, 0.3) is 0 Å². The maximum atomic E-state index is 12.9. The van der Waals surface area contributed by atoms with Crippen molar-refractivity contribution in [2.24, 2.45) is 5.14 Å². The second kappa shape index (κ2) is 3.06. The fourth-order valence-electron chi connectivity index (χ4n) is 1.42. The zero-order chi connectivity index (χ0) is 8.48. The van der Waals surface area contributed by atoms with Crippen LogP contribution in [0.3, 0.4) is 0 Å². The number of nitrogens with two attached hydrogens (primary N) is 1. The second-order valence-corrected chi connectivity index (χ2v) is 4.71. The zero-order valence-corrected chi connectivity index (χ0v) is 6.98. The second-order valence-electron chi connectivity index (χ2n) is 2.93. The molecule has 0 heterocycles. The first-order chi connectivity index (χ1) is 5.02. The van der Waals surface area contributed by atoms with Crippen molar-refractivity contribution in [2.45, 2.75) is 37.1 Å². The van der Waals surface area contributed by atoms with E-state index >= 15 is 0 Å². The smallest absolute Gasteiger partial charge is 0.214 e. The lowest BCUT2D eigenvalue weighted by atomic mass is 9.98. The highest BCUT2D eigenvalue weighted by Crippen LogP contribution is 2.25. The fraction of sp³-hybridized carbons (Fsp3) is 1.00. The van der Waals surface area contributed by atoms with E-state index in [1.807, 2.05) is 0 Å². The highest BCUT2D eigenvalue weighted by molar-refractivity contribution is 7.89. The first-order valence-electron chi connectivity index (χ1n) is 3.67. The van der Waals surface area contributed by atoms with Gasteiger partial charge in [-0.1, -0.05) is 12.8 Å². The van der Waals surface area contributed by atoms with E-state index in [1.54, 1.807) is 0 Å². The minimum atomic E-state index is -3.65. The van der Waals surface area contributed by atoms with Crippen molar-refractivity contribution >= 4 is 10.0 Å². The van der Waals surface area contributed by atoms with E-state index in [-0.39, 0.29) is 0 Å². The van der Waals surface area contributed by atoms with Gasteiger partial charge in [0.25, 0.3) is 0 Å². The third-order valence-electron chi connectivity index (χ3n) is 2.04. The van der Waals surface area contributed by atoms with Gasteiger partial charge in [0.1, 0.15) is 11.4 Å². The zero-order valence-electron chi connectivity index (χ0n) is 6.16. The van der Waals surface area contributed by atoms with E-state index in [0.29, 0.717) is 12.8 Å². The molecule has 1 aliphatic carbocycles. The van der Waals surface area contributed by atoms with Gasteiger partial charge in [-0.2, -0.15) is 0 Å². The van der Waals surface area contributed by atoms with Crippen molar-refractivity contribution in [3.63, 3.8) is 0 Å². The maximum Gasteiger partial charge on any atom is 0.214 e.